The minimum atomic E-state index is -4.29. The van der Waals surface area contributed by atoms with E-state index in [-0.39, 0.29) is 18.5 Å². The Hall–Kier alpha value is -3.87. The fraction of sp³-hybridized carbons (Fsp3) is 0.192. The third-order valence-corrected chi connectivity index (χ3v) is 7.34. The summed E-state index contributed by atoms with van der Waals surface area (Å²) in [7, 11) is -4.29. The van der Waals surface area contributed by atoms with E-state index in [0.29, 0.717) is 21.7 Å². The van der Waals surface area contributed by atoms with Crippen LogP contribution in [0.4, 0.5) is 5.69 Å². The van der Waals surface area contributed by atoms with Crippen LogP contribution in [-0.2, 0) is 32.5 Å². The number of aryl methyl sites for hydroxylation is 1. The number of carbonyl (C=O) groups is 2. The molecule has 1 amide bonds. The SMILES string of the molecule is Cc1ccc(NS(=O)(=O)C(Cc2ccc(Cl)cc2)C(=O)NC(Cc2ccc(C#N)cc2)C(=O)[O-])cc1. The van der Waals surface area contributed by atoms with Crippen molar-refractivity contribution in [2.24, 2.45) is 0 Å². The number of hydrogen-bond donors (Lipinski definition) is 2. The van der Waals surface area contributed by atoms with E-state index in [1.807, 2.05) is 13.0 Å². The van der Waals surface area contributed by atoms with Crippen molar-refractivity contribution in [1.29, 1.82) is 5.26 Å². The van der Waals surface area contributed by atoms with Crippen molar-refractivity contribution < 1.29 is 23.1 Å². The number of benzene rings is 3. The topological polar surface area (TPSA) is 139 Å². The molecular weight excluding hydrogens is 502 g/mol. The van der Waals surface area contributed by atoms with Crippen LogP contribution >= 0.6 is 11.6 Å². The molecular formula is C26H23ClN3O5S-. The second-order valence-electron chi connectivity index (χ2n) is 8.23. The lowest BCUT2D eigenvalue weighted by Gasteiger charge is -2.24. The monoisotopic (exact) mass is 524 g/mol. The molecule has 36 heavy (non-hydrogen) atoms. The fourth-order valence-corrected chi connectivity index (χ4v) is 4.94. The van der Waals surface area contributed by atoms with Crippen molar-refractivity contribution >= 4 is 39.2 Å². The van der Waals surface area contributed by atoms with Crippen molar-refractivity contribution in [2.75, 3.05) is 4.72 Å². The van der Waals surface area contributed by atoms with E-state index in [1.54, 1.807) is 60.7 Å². The maximum absolute atomic E-state index is 13.3. The van der Waals surface area contributed by atoms with Gasteiger partial charge in [-0.25, -0.2) is 8.42 Å². The number of halogens is 1. The molecule has 0 saturated heterocycles. The first kappa shape index (κ1) is 26.7. The molecule has 0 spiro atoms. The van der Waals surface area contributed by atoms with Gasteiger partial charge in [-0.2, -0.15) is 5.26 Å². The fourth-order valence-electron chi connectivity index (χ4n) is 3.44. The van der Waals surface area contributed by atoms with E-state index in [0.717, 1.165) is 5.56 Å². The number of nitriles is 1. The van der Waals surface area contributed by atoms with Crippen molar-refractivity contribution in [2.45, 2.75) is 31.1 Å². The number of rotatable bonds is 10. The Morgan fingerprint density at radius 1 is 0.944 bits per heavy atom. The number of nitrogens with zero attached hydrogens (tertiary/aromatic N) is 1. The van der Waals surface area contributed by atoms with Crippen molar-refractivity contribution in [3.05, 3.63) is 100 Å². The van der Waals surface area contributed by atoms with Crippen LogP contribution in [0.3, 0.4) is 0 Å². The first-order valence-electron chi connectivity index (χ1n) is 10.9. The number of carbonyl (C=O) groups excluding carboxylic acids is 2. The third kappa shape index (κ3) is 7.31. The zero-order valence-electron chi connectivity index (χ0n) is 19.3. The molecule has 3 rings (SSSR count). The zero-order chi connectivity index (χ0) is 26.3. The first-order valence-corrected chi connectivity index (χ1v) is 12.8. The van der Waals surface area contributed by atoms with Crippen molar-refractivity contribution in [1.82, 2.24) is 5.32 Å². The van der Waals surface area contributed by atoms with E-state index in [9.17, 15) is 23.1 Å². The standard InChI is InChI=1S/C26H24ClN3O5S/c1-17-2-12-22(13-3-17)30-36(34,35)24(15-19-8-10-21(27)11-9-19)25(31)29-23(26(32)33)14-18-4-6-20(16-28)7-5-18/h2-13,23-24,30H,14-15H2,1H3,(H,29,31)(H,32,33)/p-1. The van der Waals surface area contributed by atoms with Gasteiger partial charge in [-0.1, -0.05) is 53.6 Å². The predicted molar refractivity (Wildman–Crippen MR) is 134 cm³/mol. The lowest BCUT2D eigenvalue weighted by atomic mass is 10.0. The summed E-state index contributed by atoms with van der Waals surface area (Å²) in [5, 5.41) is 21.8. The summed E-state index contributed by atoms with van der Waals surface area (Å²) in [4.78, 5) is 25.0. The van der Waals surface area contributed by atoms with Gasteiger partial charge in [0.1, 0.15) is 0 Å². The van der Waals surface area contributed by atoms with Gasteiger partial charge in [-0.05, 0) is 67.3 Å². The van der Waals surface area contributed by atoms with Crippen molar-refractivity contribution in [3.63, 3.8) is 0 Å². The Balaban J connectivity index is 1.87. The Morgan fingerprint density at radius 2 is 1.50 bits per heavy atom. The quantitative estimate of drug-likeness (QED) is 0.417. The molecule has 0 aliphatic rings. The summed E-state index contributed by atoms with van der Waals surface area (Å²) >= 11 is 5.92. The molecule has 2 atom stereocenters. The lowest BCUT2D eigenvalue weighted by molar-refractivity contribution is -0.308. The van der Waals surface area contributed by atoms with E-state index >= 15 is 0 Å². The Labute approximate surface area is 214 Å². The summed E-state index contributed by atoms with van der Waals surface area (Å²) in [6, 6.07) is 19.5. The second-order valence-corrected chi connectivity index (χ2v) is 10.5. The number of aliphatic carboxylic acids is 1. The van der Waals surface area contributed by atoms with Gasteiger partial charge in [0.2, 0.25) is 15.9 Å². The molecule has 3 aromatic rings. The van der Waals surface area contributed by atoms with Crippen LogP contribution in [0.15, 0.2) is 72.8 Å². The average Bonchev–Trinajstić information content (AvgIpc) is 2.84. The number of carboxylic acids is 1. The first-order chi connectivity index (χ1) is 17.1. The van der Waals surface area contributed by atoms with Crippen LogP contribution in [-0.4, -0.2) is 31.6 Å². The average molecular weight is 525 g/mol. The molecule has 0 heterocycles. The highest BCUT2D eigenvalue weighted by Gasteiger charge is 2.34. The number of hydrogen-bond acceptors (Lipinski definition) is 6. The highest BCUT2D eigenvalue weighted by Crippen LogP contribution is 2.19. The van der Waals surface area contributed by atoms with Gasteiger partial charge in [-0.15, -0.1) is 0 Å². The van der Waals surface area contributed by atoms with Crippen LogP contribution in [0.25, 0.3) is 0 Å². The third-order valence-electron chi connectivity index (χ3n) is 5.44. The number of nitrogens with one attached hydrogen (secondary N) is 2. The zero-order valence-corrected chi connectivity index (χ0v) is 20.8. The molecule has 2 unspecified atom stereocenters. The molecule has 8 nitrogen and oxygen atoms in total. The molecule has 0 saturated carbocycles. The summed E-state index contributed by atoms with van der Waals surface area (Å²) < 4.78 is 29.0. The molecule has 10 heteroatoms. The Bertz CT molecular complexity index is 1370. The van der Waals surface area contributed by atoms with Crippen LogP contribution in [0, 0.1) is 18.3 Å². The van der Waals surface area contributed by atoms with Gasteiger partial charge in [0, 0.05) is 10.7 Å². The summed E-state index contributed by atoms with van der Waals surface area (Å²) in [5.74, 6) is -2.56. The van der Waals surface area contributed by atoms with Gasteiger partial charge in [-0.3, -0.25) is 9.52 Å². The normalized spacial score (nSPS) is 12.7. The van der Waals surface area contributed by atoms with Gasteiger partial charge in [0.05, 0.1) is 23.6 Å². The molecule has 0 aliphatic heterocycles. The molecule has 2 N–H and O–H groups in total. The molecule has 0 bridgehead atoms. The van der Waals surface area contributed by atoms with E-state index < -0.39 is 33.2 Å². The van der Waals surface area contributed by atoms with Crippen molar-refractivity contribution in [3.8, 4) is 6.07 Å². The van der Waals surface area contributed by atoms with Crippen LogP contribution in [0.5, 0.6) is 0 Å². The Morgan fingerprint density at radius 3 is 2.06 bits per heavy atom. The molecule has 3 aromatic carbocycles. The second kappa shape index (κ2) is 11.7. The largest absolute Gasteiger partial charge is 0.548 e. The maximum Gasteiger partial charge on any atom is 0.245 e. The molecule has 0 fully saturated rings. The van der Waals surface area contributed by atoms with Crippen LogP contribution < -0.4 is 15.1 Å². The van der Waals surface area contributed by atoms with Gasteiger partial charge in [0.15, 0.2) is 5.25 Å². The number of sulfonamides is 1. The number of amides is 1. The lowest BCUT2D eigenvalue weighted by Crippen LogP contribution is -2.54. The maximum atomic E-state index is 13.3. The van der Waals surface area contributed by atoms with E-state index in [1.165, 1.54) is 12.1 Å². The summed E-state index contributed by atoms with van der Waals surface area (Å²) in [6.45, 7) is 1.85. The molecule has 0 aliphatic carbocycles. The Kier molecular flexibility index (Phi) is 8.69. The molecule has 0 aromatic heterocycles. The van der Waals surface area contributed by atoms with E-state index in [2.05, 4.69) is 10.0 Å². The molecule has 186 valence electrons. The minimum Gasteiger partial charge on any atom is -0.548 e. The minimum absolute atomic E-state index is 0.154. The summed E-state index contributed by atoms with van der Waals surface area (Å²) in [6.07, 6.45) is -0.375. The highest BCUT2D eigenvalue weighted by atomic mass is 35.5. The summed E-state index contributed by atoms with van der Waals surface area (Å²) in [5.41, 5.74) is 2.63. The van der Waals surface area contributed by atoms with Gasteiger partial charge >= 0.3 is 0 Å². The van der Waals surface area contributed by atoms with Crippen LogP contribution in [0.2, 0.25) is 5.02 Å². The van der Waals surface area contributed by atoms with Gasteiger partial charge in [0.25, 0.3) is 0 Å². The van der Waals surface area contributed by atoms with Gasteiger partial charge < -0.3 is 15.2 Å². The van der Waals surface area contributed by atoms with Crippen LogP contribution in [0.1, 0.15) is 22.3 Å². The smallest absolute Gasteiger partial charge is 0.245 e. The van der Waals surface area contributed by atoms with E-state index in [4.69, 9.17) is 16.9 Å². The number of anilines is 1. The number of carboxylic acid groups (broad SMARTS) is 1. The predicted octanol–water partition coefficient (Wildman–Crippen LogP) is 2.35. The molecule has 0 radical (unpaired) electrons. The highest BCUT2D eigenvalue weighted by molar-refractivity contribution is 7.94.